The number of amides is 1. The SMILES string of the molecule is Cc1ccc(S(C)(=O)=O)cc1NC(=O)c1ccc(Cl)c(I)c1. The van der Waals surface area contributed by atoms with Crippen LogP contribution in [-0.4, -0.2) is 20.6 Å². The molecule has 1 amide bonds. The lowest BCUT2D eigenvalue weighted by molar-refractivity contribution is 0.102. The molecule has 0 aliphatic rings. The molecule has 2 aromatic carbocycles. The minimum Gasteiger partial charge on any atom is -0.322 e. The maximum atomic E-state index is 12.3. The Kier molecular flexibility index (Phi) is 5.14. The Balaban J connectivity index is 2.33. The molecule has 7 heteroatoms. The number of nitrogens with one attached hydrogen (secondary N) is 1. The van der Waals surface area contributed by atoms with Crippen LogP contribution in [-0.2, 0) is 9.84 Å². The first-order chi connectivity index (χ1) is 10.2. The second kappa shape index (κ2) is 6.55. The van der Waals surface area contributed by atoms with E-state index in [-0.39, 0.29) is 10.8 Å². The molecule has 2 aromatic rings. The number of hydrogen-bond donors (Lipinski definition) is 1. The molecule has 4 nitrogen and oxygen atoms in total. The van der Waals surface area contributed by atoms with Gasteiger partial charge in [-0.25, -0.2) is 8.42 Å². The number of rotatable bonds is 3. The van der Waals surface area contributed by atoms with Crippen LogP contribution in [0.3, 0.4) is 0 Å². The van der Waals surface area contributed by atoms with E-state index < -0.39 is 9.84 Å². The van der Waals surface area contributed by atoms with E-state index in [0.717, 1.165) is 15.4 Å². The van der Waals surface area contributed by atoms with Gasteiger partial charge in [0, 0.05) is 21.1 Å². The molecule has 22 heavy (non-hydrogen) atoms. The molecule has 0 aromatic heterocycles. The number of hydrogen-bond acceptors (Lipinski definition) is 3. The number of aryl methyl sites for hydroxylation is 1. The standard InChI is InChI=1S/C15H13ClINO3S/c1-9-3-5-11(22(2,20)21)8-14(9)18-15(19)10-4-6-12(16)13(17)7-10/h3-8H,1-2H3,(H,18,19). The maximum Gasteiger partial charge on any atom is 0.255 e. The van der Waals surface area contributed by atoms with Gasteiger partial charge in [0.2, 0.25) is 0 Å². The van der Waals surface area contributed by atoms with Crippen LogP contribution in [0.4, 0.5) is 5.69 Å². The van der Waals surface area contributed by atoms with E-state index in [1.807, 2.05) is 22.6 Å². The number of halogens is 2. The molecule has 116 valence electrons. The van der Waals surface area contributed by atoms with E-state index in [4.69, 9.17) is 11.6 Å². The summed E-state index contributed by atoms with van der Waals surface area (Å²) in [5.41, 5.74) is 1.71. The van der Waals surface area contributed by atoms with Crippen molar-refractivity contribution in [3.05, 3.63) is 56.1 Å². The molecule has 0 spiro atoms. The van der Waals surface area contributed by atoms with Crippen LogP contribution in [0.25, 0.3) is 0 Å². The van der Waals surface area contributed by atoms with Crippen molar-refractivity contribution in [1.29, 1.82) is 0 Å². The van der Waals surface area contributed by atoms with E-state index in [1.165, 1.54) is 12.1 Å². The fourth-order valence-electron chi connectivity index (χ4n) is 1.80. The third-order valence-electron chi connectivity index (χ3n) is 3.07. The quantitative estimate of drug-likeness (QED) is 0.723. The summed E-state index contributed by atoms with van der Waals surface area (Å²) in [7, 11) is -3.32. The Morgan fingerprint density at radius 1 is 1.18 bits per heavy atom. The highest BCUT2D eigenvalue weighted by Gasteiger charge is 2.13. The zero-order valence-electron chi connectivity index (χ0n) is 11.9. The molecule has 0 saturated carbocycles. The van der Waals surface area contributed by atoms with Crippen molar-refractivity contribution in [3.8, 4) is 0 Å². The van der Waals surface area contributed by atoms with Crippen LogP contribution in [0.5, 0.6) is 0 Å². The number of anilines is 1. The highest BCUT2D eigenvalue weighted by Crippen LogP contribution is 2.23. The molecule has 0 unspecified atom stereocenters. The molecule has 0 aliphatic heterocycles. The van der Waals surface area contributed by atoms with E-state index in [0.29, 0.717) is 16.3 Å². The van der Waals surface area contributed by atoms with Crippen LogP contribution in [0.1, 0.15) is 15.9 Å². The number of sulfone groups is 1. The van der Waals surface area contributed by atoms with Crippen LogP contribution < -0.4 is 5.32 Å². The van der Waals surface area contributed by atoms with E-state index >= 15 is 0 Å². The molecule has 0 heterocycles. The van der Waals surface area contributed by atoms with Gasteiger partial charge in [0.1, 0.15) is 0 Å². The fraction of sp³-hybridized carbons (Fsp3) is 0.133. The summed E-state index contributed by atoms with van der Waals surface area (Å²) >= 11 is 7.98. The maximum absolute atomic E-state index is 12.3. The van der Waals surface area contributed by atoms with Crippen molar-refractivity contribution < 1.29 is 13.2 Å². The number of carbonyl (C=O) groups excluding carboxylic acids is 1. The number of benzene rings is 2. The predicted octanol–water partition coefficient (Wildman–Crippen LogP) is 3.91. The normalized spacial score (nSPS) is 11.3. The van der Waals surface area contributed by atoms with Gasteiger partial charge in [-0.1, -0.05) is 17.7 Å². The van der Waals surface area contributed by atoms with Gasteiger partial charge in [0.15, 0.2) is 9.84 Å². The van der Waals surface area contributed by atoms with Crippen LogP contribution in [0, 0.1) is 10.5 Å². The van der Waals surface area contributed by atoms with Crippen LogP contribution >= 0.6 is 34.2 Å². The molecule has 0 atom stereocenters. The Labute approximate surface area is 147 Å². The van der Waals surface area contributed by atoms with Crippen LogP contribution in [0.2, 0.25) is 5.02 Å². The average Bonchev–Trinajstić information content (AvgIpc) is 2.43. The number of carbonyl (C=O) groups is 1. The average molecular weight is 450 g/mol. The van der Waals surface area contributed by atoms with Crippen LogP contribution in [0.15, 0.2) is 41.3 Å². The Hall–Kier alpha value is -1.12. The zero-order chi connectivity index (χ0) is 16.5. The summed E-state index contributed by atoms with van der Waals surface area (Å²) in [4.78, 5) is 12.4. The van der Waals surface area contributed by atoms with Crippen molar-refractivity contribution in [3.63, 3.8) is 0 Å². The van der Waals surface area contributed by atoms with Gasteiger partial charge in [0.05, 0.1) is 9.92 Å². The summed E-state index contributed by atoms with van der Waals surface area (Å²) in [6.07, 6.45) is 1.13. The first-order valence-corrected chi connectivity index (χ1v) is 9.60. The van der Waals surface area contributed by atoms with E-state index in [1.54, 1.807) is 31.2 Å². The van der Waals surface area contributed by atoms with Crippen molar-refractivity contribution in [2.45, 2.75) is 11.8 Å². The highest BCUT2D eigenvalue weighted by atomic mass is 127. The molecular weight excluding hydrogens is 437 g/mol. The Morgan fingerprint density at radius 2 is 1.86 bits per heavy atom. The molecule has 2 rings (SSSR count). The van der Waals surface area contributed by atoms with Gasteiger partial charge >= 0.3 is 0 Å². The minimum absolute atomic E-state index is 0.166. The van der Waals surface area contributed by atoms with Crippen molar-refractivity contribution in [2.24, 2.45) is 0 Å². The lowest BCUT2D eigenvalue weighted by Crippen LogP contribution is -2.13. The molecule has 0 aliphatic carbocycles. The summed E-state index contributed by atoms with van der Waals surface area (Å²) in [5.74, 6) is -0.316. The first-order valence-electron chi connectivity index (χ1n) is 6.25. The second-order valence-electron chi connectivity index (χ2n) is 4.83. The molecule has 0 radical (unpaired) electrons. The minimum atomic E-state index is -3.32. The largest absolute Gasteiger partial charge is 0.322 e. The van der Waals surface area contributed by atoms with E-state index in [9.17, 15) is 13.2 Å². The molecule has 0 fully saturated rings. The second-order valence-corrected chi connectivity index (χ2v) is 8.42. The fourth-order valence-corrected chi connectivity index (χ4v) is 3.08. The van der Waals surface area contributed by atoms with Gasteiger partial charge in [-0.05, 0) is 65.4 Å². The van der Waals surface area contributed by atoms with Gasteiger partial charge in [-0.3, -0.25) is 4.79 Å². The highest BCUT2D eigenvalue weighted by molar-refractivity contribution is 14.1. The summed E-state index contributed by atoms with van der Waals surface area (Å²) in [6.45, 7) is 1.80. The first kappa shape index (κ1) is 17.2. The van der Waals surface area contributed by atoms with Gasteiger partial charge in [-0.15, -0.1) is 0 Å². The van der Waals surface area contributed by atoms with Gasteiger partial charge in [0.25, 0.3) is 5.91 Å². The Bertz CT molecular complexity index is 850. The summed E-state index contributed by atoms with van der Waals surface area (Å²) in [5, 5.41) is 3.31. The van der Waals surface area contributed by atoms with Crippen molar-refractivity contribution in [2.75, 3.05) is 11.6 Å². The molecule has 0 saturated heterocycles. The summed E-state index contributed by atoms with van der Waals surface area (Å²) in [6, 6.07) is 9.59. The van der Waals surface area contributed by atoms with Gasteiger partial charge < -0.3 is 5.32 Å². The molecule has 1 N–H and O–H groups in total. The monoisotopic (exact) mass is 449 g/mol. The topological polar surface area (TPSA) is 63.2 Å². The molecular formula is C15H13ClINO3S. The van der Waals surface area contributed by atoms with Gasteiger partial charge in [-0.2, -0.15) is 0 Å². The summed E-state index contributed by atoms with van der Waals surface area (Å²) < 4.78 is 24.0. The van der Waals surface area contributed by atoms with Crippen molar-refractivity contribution >= 4 is 55.6 Å². The lowest BCUT2D eigenvalue weighted by atomic mass is 10.1. The smallest absolute Gasteiger partial charge is 0.255 e. The predicted molar refractivity (Wildman–Crippen MR) is 96.4 cm³/mol. The zero-order valence-corrected chi connectivity index (χ0v) is 15.6. The van der Waals surface area contributed by atoms with E-state index in [2.05, 4.69) is 5.32 Å². The lowest BCUT2D eigenvalue weighted by Gasteiger charge is -2.10. The van der Waals surface area contributed by atoms with Crippen molar-refractivity contribution in [1.82, 2.24) is 0 Å². The Morgan fingerprint density at radius 3 is 2.45 bits per heavy atom. The molecule has 0 bridgehead atoms. The third-order valence-corrected chi connectivity index (χ3v) is 5.72. The third kappa shape index (κ3) is 3.99.